The van der Waals surface area contributed by atoms with E-state index >= 15 is 0 Å². The number of piperidine rings is 1. The average Bonchev–Trinajstić information content (AvgIpc) is 3.44. The third kappa shape index (κ3) is 6.43. The summed E-state index contributed by atoms with van der Waals surface area (Å²) in [5, 5.41) is 3.27. The topological polar surface area (TPSA) is 94.9 Å². The maximum atomic E-state index is 14.2. The summed E-state index contributed by atoms with van der Waals surface area (Å²) in [6.07, 6.45) is 0.0682. The Morgan fingerprint density at radius 1 is 0.977 bits per heavy atom. The van der Waals surface area contributed by atoms with Gasteiger partial charge in [0.15, 0.2) is 5.82 Å². The molecule has 0 spiro atoms. The van der Waals surface area contributed by atoms with Gasteiger partial charge in [0.2, 0.25) is 11.9 Å². The van der Waals surface area contributed by atoms with Gasteiger partial charge in [-0.25, -0.2) is 13.8 Å². The molecule has 0 saturated carbocycles. The number of alkyl halides is 2. The van der Waals surface area contributed by atoms with Gasteiger partial charge in [-0.05, 0) is 51.5 Å². The summed E-state index contributed by atoms with van der Waals surface area (Å²) in [5.74, 6) is 0.709. The number of hydrogen-bond donors (Lipinski definition) is 1. The maximum Gasteiger partial charge on any atom is 0.296 e. The van der Waals surface area contributed by atoms with Crippen molar-refractivity contribution in [2.75, 3.05) is 82.8 Å². The quantitative estimate of drug-likeness (QED) is 0.421. The summed E-state index contributed by atoms with van der Waals surface area (Å²) in [5.41, 5.74) is 0.987. The van der Waals surface area contributed by atoms with Gasteiger partial charge in [-0.3, -0.25) is 14.3 Å². The van der Waals surface area contributed by atoms with Gasteiger partial charge in [0, 0.05) is 51.4 Å². The lowest BCUT2D eigenvalue weighted by molar-refractivity contribution is -0.134. The predicted molar refractivity (Wildman–Crippen MR) is 161 cm³/mol. The van der Waals surface area contributed by atoms with Gasteiger partial charge < -0.3 is 24.8 Å². The number of piperazine rings is 1. The Morgan fingerprint density at radius 3 is 2.37 bits per heavy atom. The van der Waals surface area contributed by atoms with Crippen molar-refractivity contribution >= 4 is 28.7 Å². The van der Waals surface area contributed by atoms with Crippen molar-refractivity contribution in [2.45, 2.75) is 44.7 Å². The summed E-state index contributed by atoms with van der Waals surface area (Å²) in [6, 6.07) is 8.77. The lowest BCUT2D eigenvalue weighted by atomic mass is 10.0. The number of likely N-dealkylation sites (tertiary alicyclic amines) is 1. The number of ether oxygens (including phenoxy) is 1. The number of hydrogen-bond acceptors (Lipinski definition) is 9. The number of carbonyl (C=O) groups is 1. The van der Waals surface area contributed by atoms with Crippen molar-refractivity contribution in [3.05, 3.63) is 36.2 Å². The molecule has 13 heteroatoms. The van der Waals surface area contributed by atoms with Crippen LogP contribution in [0.1, 0.15) is 38.4 Å². The second-order valence-corrected chi connectivity index (χ2v) is 11.6. The van der Waals surface area contributed by atoms with E-state index in [1.165, 1.54) is 17.4 Å². The first-order chi connectivity index (χ1) is 20.9. The number of aromatic nitrogens is 4. The van der Waals surface area contributed by atoms with Crippen LogP contribution >= 0.6 is 0 Å². The summed E-state index contributed by atoms with van der Waals surface area (Å²) < 4.78 is 35.4. The van der Waals surface area contributed by atoms with E-state index in [1.54, 1.807) is 30.3 Å². The number of rotatable bonds is 8. The molecule has 3 saturated heterocycles. The fraction of sp³-hybridized carbons (Fsp3) is 0.600. The number of imidazole rings is 1. The Hall–Kier alpha value is -3.42. The highest BCUT2D eigenvalue weighted by Gasteiger charge is 2.31. The van der Waals surface area contributed by atoms with Gasteiger partial charge in [0.25, 0.3) is 6.43 Å². The second-order valence-electron chi connectivity index (χ2n) is 11.6. The summed E-state index contributed by atoms with van der Waals surface area (Å²) in [4.78, 5) is 36.2. The van der Waals surface area contributed by atoms with Gasteiger partial charge in [0.05, 0.1) is 24.2 Å². The molecule has 232 valence electrons. The van der Waals surface area contributed by atoms with Crippen LogP contribution in [-0.4, -0.2) is 125 Å². The van der Waals surface area contributed by atoms with Gasteiger partial charge in [-0.2, -0.15) is 9.97 Å². The number of para-hydroxylation sites is 2. The Balaban J connectivity index is 1.25. The SMILES string of the molecule is CCC(Nc1nc(N2CCOCC2)cc(-n2c(C(F)F)nc3ccccc32)n1)C(=O)N1CCN(C2CCN(C)CC2)CC1. The molecule has 3 aromatic rings. The van der Waals surface area contributed by atoms with Crippen LogP contribution in [0.4, 0.5) is 20.5 Å². The van der Waals surface area contributed by atoms with E-state index in [1.807, 2.05) is 16.7 Å². The molecule has 0 aliphatic carbocycles. The molecule has 1 unspecified atom stereocenters. The zero-order chi connectivity index (χ0) is 29.9. The number of nitrogens with zero attached hydrogens (tertiary/aromatic N) is 8. The van der Waals surface area contributed by atoms with E-state index in [0.29, 0.717) is 68.7 Å². The van der Waals surface area contributed by atoms with Crippen LogP contribution < -0.4 is 10.2 Å². The van der Waals surface area contributed by atoms with Crippen LogP contribution in [0.15, 0.2) is 30.3 Å². The summed E-state index contributed by atoms with van der Waals surface area (Å²) in [7, 11) is 2.17. The molecular weight excluding hydrogens is 556 g/mol. The predicted octanol–water partition coefficient (Wildman–Crippen LogP) is 3.02. The van der Waals surface area contributed by atoms with E-state index in [4.69, 9.17) is 9.72 Å². The monoisotopic (exact) mass is 597 g/mol. The number of morpholine rings is 1. The van der Waals surface area contributed by atoms with E-state index in [0.717, 1.165) is 26.2 Å². The fourth-order valence-corrected chi connectivity index (χ4v) is 6.37. The second kappa shape index (κ2) is 13.1. The van der Waals surface area contributed by atoms with E-state index in [9.17, 15) is 13.6 Å². The Labute approximate surface area is 250 Å². The zero-order valence-electron chi connectivity index (χ0n) is 25.0. The van der Waals surface area contributed by atoms with Crippen LogP contribution in [-0.2, 0) is 9.53 Å². The van der Waals surface area contributed by atoms with Crippen molar-refractivity contribution in [2.24, 2.45) is 0 Å². The highest BCUT2D eigenvalue weighted by molar-refractivity contribution is 5.84. The fourth-order valence-electron chi connectivity index (χ4n) is 6.37. The minimum absolute atomic E-state index is 0.00815. The first kappa shape index (κ1) is 29.6. The van der Waals surface area contributed by atoms with Crippen LogP contribution in [0.25, 0.3) is 16.9 Å². The average molecular weight is 598 g/mol. The number of anilines is 2. The zero-order valence-corrected chi connectivity index (χ0v) is 25.0. The van der Waals surface area contributed by atoms with Crippen molar-refractivity contribution in [1.82, 2.24) is 34.2 Å². The number of halogens is 2. The molecule has 1 amide bonds. The van der Waals surface area contributed by atoms with Gasteiger partial charge >= 0.3 is 0 Å². The molecule has 2 aromatic heterocycles. The third-order valence-electron chi connectivity index (χ3n) is 8.89. The molecule has 1 N–H and O–H groups in total. The van der Waals surface area contributed by atoms with Crippen LogP contribution in [0.2, 0.25) is 0 Å². The summed E-state index contributed by atoms with van der Waals surface area (Å²) >= 11 is 0. The van der Waals surface area contributed by atoms with Crippen molar-refractivity contribution in [1.29, 1.82) is 0 Å². The van der Waals surface area contributed by atoms with Crippen molar-refractivity contribution in [3.63, 3.8) is 0 Å². The van der Waals surface area contributed by atoms with Crippen LogP contribution in [0.3, 0.4) is 0 Å². The van der Waals surface area contributed by atoms with Crippen molar-refractivity contribution < 1.29 is 18.3 Å². The molecular formula is C30H41F2N9O2. The third-order valence-corrected chi connectivity index (χ3v) is 8.89. The molecule has 6 rings (SSSR count). The summed E-state index contributed by atoms with van der Waals surface area (Å²) in [6.45, 7) is 9.59. The van der Waals surface area contributed by atoms with Gasteiger partial charge in [0.1, 0.15) is 17.7 Å². The first-order valence-electron chi connectivity index (χ1n) is 15.4. The highest BCUT2D eigenvalue weighted by Crippen LogP contribution is 2.29. The lowest BCUT2D eigenvalue weighted by Gasteiger charge is -2.42. The molecule has 5 heterocycles. The van der Waals surface area contributed by atoms with Crippen molar-refractivity contribution in [3.8, 4) is 5.82 Å². The smallest absolute Gasteiger partial charge is 0.296 e. The van der Waals surface area contributed by atoms with E-state index < -0.39 is 12.5 Å². The standard InChI is InChI=1S/C30H41F2N9O2/c1-3-22(29(42)40-14-12-38(13-15-40)21-8-10-37(2)11-9-21)34-30-35-25(39-16-18-43-19-17-39)20-26(36-30)41-24-7-5-4-6-23(24)33-28(41)27(31)32/h4-7,20-22,27H,3,8-19H2,1-2H3,(H,34,35,36). The Kier molecular flexibility index (Phi) is 9.01. The molecule has 3 aliphatic heterocycles. The molecule has 3 fully saturated rings. The maximum absolute atomic E-state index is 14.2. The minimum atomic E-state index is -2.80. The number of carbonyl (C=O) groups excluding carboxylic acids is 1. The largest absolute Gasteiger partial charge is 0.378 e. The molecule has 0 radical (unpaired) electrons. The molecule has 0 bridgehead atoms. The first-order valence-corrected chi connectivity index (χ1v) is 15.4. The number of fused-ring (bicyclic) bond motifs is 1. The number of nitrogens with one attached hydrogen (secondary N) is 1. The molecule has 1 aromatic carbocycles. The van der Waals surface area contributed by atoms with Crippen LogP contribution in [0.5, 0.6) is 0 Å². The minimum Gasteiger partial charge on any atom is -0.378 e. The molecule has 1 atom stereocenters. The number of benzene rings is 1. The molecule has 43 heavy (non-hydrogen) atoms. The van der Waals surface area contributed by atoms with Gasteiger partial charge in [-0.1, -0.05) is 19.1 Å². The molecule has 11 nitrogen and oxygen atoms in total. The van der Waals surface area contributed by atoms with Crippen LogP contribution in [0, 0.1) is 0 Å². The lowest BCUT2D eigenvalue weighted by Crippen LogP contribution is -2.56. The Bertz CT molecular complexity index is 1400. The van der Waals surface area contributed by atoms with E-state index in [2.05, 4.69) is 32.1 Å². The highest BCUT2D eigenvalue weighted by atomic mass is 19.3. The van der Waals surface area contributed by atoms with E-state index in [-0.39, 0.29) is 23.5 Å². The normalized spacial score (nSPS) is 20.2. The molecule has 3 aliphatic rings. The Morgan fingerprint density at radius 2 is 1.67 bits per heavy atom. The number of amides is 1. The van der Waals surface area contributed by atoms with Gasteiger partial charge in [-0.15, -0.1) is 0 Å².